The third kappa shape index (κ3) is 3.09. The van der Waals surface area contributed by atoms with Crippen LogP contribution in [0.15, 0.2) is 54.3 Å². The van der Waals surface area contributed by atoms with E-state index in [4.69, 9.17) is 21.3 Å². The van der Waals surface area contributed by atoms with Crippen LogP contribution in [0.25, 0.3) is 15.8 Å². The summed E-state index contributed by atoms with van der Waals surface area (Å²) >= 11 is 7.86. The molecule has 1 amide bonds. The van der Waals surface area contributed by atoms with Crippen LogP contribution in [0.1, 0.15) is 37.8 Å². The number of carbonyl (C=O) groups excluding carboxylic acids is 1. The molecule has 2 heterocycles. The molecule has 1 aromatic heterocycles. The molecular weight excluding hydrogens is 392 g/mol. The number of amides is 1. The Hall–Kier alpha value is -2.37. The molecule has 28 heavy (non-hydrogen) atoms. The number of benzene rings is 2. The van der Waals surface area contributed by atoms with E-state index in [2.05, 4.69) is 0 Å². The fourth-order valence-corrected chi connectivity index (χ4v) is 4.77. The van der Waals surface area contributed by atoms with Crippen LogP contribution in [0.5, 0.6) is 0 Å². The SMILES string of the molecule is CCC1=C(c2ccccc2)C(=O)N(C(C)(C)c2nc3cccc(Cl)c3s2)CO1. The second-order valence-electron chi connectivity index (χ2n) is 7.19. The van der Waals surface area contributed by atoms with Crippen LogP contribution in [0.3, 0.4) is 0 Å². The Kier molecular flexibility index (Phi) is 4.89. The minimum Gasteiger partial charge on any atom is -0.476 e. The van der Waals surface area contributed by atoms with E-state index in [1.807, 2.05) is 69.3 Å². The number of thiazole rings is 1. The maximum Gasteiger partial charge on any atom is 0.261 e. The summed E-state index contributed by atoms with van der Waals surface area (Å²) in [6.07, 6.45) is 0.668. The lowest BCUT2D eigenvalue weighted by molar-refractivity contribution is -0.139. The van der Waals surface area contributed by atoms with Gasteiger partial charge in [-0.15, -0.1) is 11.3 Å². The fraction of sp³-hybridized carbons (Fsp3) is 0.273. The van der Waals surface area contributed by atoms with Crippen LogP contribution in [0, 0.1) is 0 Å². The molecule has 2 aromatic carbocycles. The lowest BCUT2D eigenvalue weighted by atomic mass is 9.97. The van der Waals surface area contributed by atoms with Crippen molar-refractivity contribution in [2.45, 2.75) is 32.7 Å². The Bertz CT molecular complexity index is 1070. The Morgan fingerprint density at radius 3 is 2.61 bits per heavy atom. The zero-order chi connectivity index (χ0) is 19.9. The van der Waals surface area contributed by atoms with Gasteiger partial charge < -0.3 is 4.74 Å². The van der Waals surface area contributed by atoms with Gasteiger partial charge in [0.05, 0.1) is 26.4 Å². The molecule has 0 radical (unpaired) electrons. The molecule has 1 aliphatic heterocycles. The number of carbonyl (C=O) groups is 1. The van der Waals surface area contributed by atoms with Gasteiger partial charge in [-0.25, -0.2) is 4.98 Å². The average molecular weight is 413 g/mol. The van der Waals surface area contributed by atoms with E-state index < -0.39 is 5.54 Å². The van der Waals surface area contributed by atoms with Crippen LogP contribution in [0.2, 0.25) is 5.02 Å². The van der Waals surface area contributed by atoms with Crippen molar-refractivity contribution in [3.05, 3.63) is 69.9 Å². The molecule has 6 heteroatoms. The van der Waals surface area contributed by atoms with Gasteiger partial charge in [0, 0.05) is 6.42 Å². The van der Waals surface area contributed by atoms with Crippen molar-refractivity contribution >= 4 is 44.6 Å². The summed E-state index contributed by atoms with van der Waals surface area (Å²) in [5.41, 5.74) is 1.71. The molecule has 144 valence electrons. The van der Waals surface area contributed by atoms with Crippen molar-refractivity contribution in [1.82, 2.24) is 9.88 Å². The lowest BCUT2D eigenvalue weighted by Crippen LogP contribution is -2.49. The molecule has 0 bridgehead atoms. The summed E-state index contributed by atoms with van der Waals surface area (Å²) in [6, 6.07) is 15.4. The van der Waals surface area contributed by atoms with E-state index in [0.717, 1.165) is 26.5 Å². The Morgan fingerprint density at radius 2 is 1.93 bits per heavy atom. The fourth-order valence-electron chi connectivity index (χ4n) is 3.40. The Morgan fingerprint density at radius 1 is 1.18 bits per heavy atom. The van der Waals surface area contributed by atoms with Crippen molar-refractivity contribution in [2.75, 3.05) is 6.73 Å². The van der Waals surface area contributed by atoms with E-state index in [1.165, 1.54) is 11.3 Å². The number of allylic oxidation sites excluding steroid dienone is 1. The van der Waals surface area contributed by atoms with E-state index in [9.17, 15) is 4.79 Å². The van der Waals surface area contributed by atoms with Crippen molar-refractivity contribution in [2.24, 2.45) is 0 Å². The summed E-state index contributed by atoms with van der Waals surface area (Å²) in [6.45, 7) is 6.20. The first-order chi connectivity index (χ1) is 13.4. The average Bonchev–Trinajstić information content (AvgIpc) is 3.15. The standard InChI is InChI=1S/C22H21ClN2O2S/c1-4-17-18(14-9-6-5-7-10-14)20(26)25(13-27-17)22(2,3)21-24-16-12-8-11-15(23)19(16)28-21/h5-12H,4,13H2,1-3H3. The molecule has 0 spiro atoms. The van der Waals surface area contributed by atoms with Gasteiger partial charge in [0.25, 0.3) is 5.91 Å². The number of fused-ring (bicyclic) bond motifs is 1. The van der Waals surface area contributed by atoms with Gasteiger partial charge in [-0.05, 0) is 31.5 Å². The van der Waals surface area contributed by atoms with E-state index >= 15 is 0 Å². The van der Waals surface area contributed by atoms with Crippen LogP contribution >= 0.6 is 22.9 Å². The zero-order valence-corrected chi connectivity index (χ0v) is 17.6. The number of halogens is 1. The molecule has 0 aliphatic carbocycles. The molecule has 0 atom stereocenters. The number of ether oxygens (including phenoxy) is 1. The van der Waals surface area contributed by atoms with Gasteiger partial charge in [-0.2, -0.15) is 0 Å². The summed E-state index contributed by atoms with van der Waals surface area (Å²) in [5.74, 6) is 0.695. The maximum absolute atomic E-state index is 13.5. The second-order valence-corrected chi connectivity index (χ2v) is 8.60. The van der Waals surface area contributed by atoms with Gasteiger partial charge in [0.2, 0.25) is 0 Å². The topological polar surface area (TPSA) is 42.4 Å². The summed E-state index contributed by atoms with van der Waals surface area (Å²) in [4.78, 5) is 20.0. The number of aromatic nitrogens is 1. The molecule has 0 unspecified atom stereocenters. The molecule has 4 rings (SSSR count). The van der Waals surface area contributed by atoms with Crippen molar-refractivity contribution in [3.63, 3.8) is 0 Å². The number of nitrogens with zero attached hydrogens (tertiary/aromatic N) is 2. The predicted octanol–water partition coefficient (Wildman–Crippen LogP) is 5.82. The third-order valence-electron chi connectivity index (χ3n) is 5.05. The summed E-state index contributed by atoms with van der Waals surface area (Å²) in [7, 11) is 0. The second kappa shape index (κ2) is 7.22. The summed E-state index contributed by atoms with van der Waals surface area (Å²) < 4.78 is 6.95. The maximum atomic E-state index is 13.5. The largest absolute Gasteiger partial charge is 0.476 e. The molecule has 0 fully saturated rings. The molecule has 0 saturated heterocycles. The highest BCUT2D eigenvalue weighted by Gasteiger charge is 2.40. The minimum absolute atomic E-state index is 0.0374. The van der Waals surface area contributed by atoms with E-state index in [1.54, 1.807) is 4.90 Å². The first-order valence-electron chi connectivity index (χ1n) is 9.22. The molecule has 0 N–H and O–H groups in total. The summed E-state index contributed by atoms with van der Waals surface area (Å²) in [5, 5.41) is 1.51. The van der Waals surface area contributed by atoms with Crippen LogP contribution in [-0.4, -0.2) is 22.5 Å². The van der Waals surface area contributed by atoms with E-state index in [-0.39, 0.29) is 12.6 Å². The smallest absolute Gasteiger partial charge is 0.261 e. The highest BCUT2D eigenvalue weighted by molar-refractivity contribution is 7.19. The normalized spacial score (nSPS) is 15.3. The monoisotopic (exact) mass is 412 g/mol. The van der Waals surface area contributed by atoms with Gasteiger partial charge in [0.15, 0.2) is 6.73 Å². The molecule has 3 aromatic rings. The predicted molar refractivity (Wildman–Crippen MR) is 114 cm³/mol. The third-order valence-corrected chi connectivity index (χ3v) is 6.90. The van der Waals surface area contributed by atoms with Gasteiger partial charge in [-0.3, -0.25) is 9.69 Å². The lowest BCUT2D eigenvalue weighted by Gasteiger charge is -2.40. The highest BCUT2D eigenvalue weighted by atomic mass is 35.5. The molecular formula is C22H21ClN2O2S. The first-order valence-corrected chi connectivity index (χ1v) is 10.4. The molecule has 4 nitrogen and oxygen atoms in total. The van der Waals surface area contributed by atoms with Crippen molar-refractivity contribution in [1.29, 1.82) is 0 Å². The molecule has 1 aliphatic rings. The van der Waals surface area contributed by atoms with Gasteiger partial charge >= 0.3 is 0 Å². The van der Waals surface area contributed by atoms with E-state index in [0.29, 0.717) is 17.0 Å². The quantitative estimate of drug-likeness (QED) is 0.542. The first kappa shape index (κ1) is 19.0. The highest BCUT2D eigenvalue weighted by Crippen LogP contribution is 2.40. The Balaban J connectivity index is 1.77. The number of rotatable bonds is 4. The van der Waals surface area contributed by atoms with Crippen LogP contribution < -0.4 is 0 Å². The van der Waals surface area contributed by atoms with Crippen molar-refractivity contribution < 1.29 is 9.53 Å². The minimum atomic E-state index is -0.636. The number of hydrogen-bond donors (Lipinski definition) is 0. The van der Waals surface area contributed by atoms with Crippen LogP contribution in [-0.2, 0) is 15.1 Å². The van der Waals surface area contributed by atoms with Gasteiger partial charge in [0.1, 0.15) is 10.8 Å². The molecule has 0 saturated carbocycles. The Labute approximate surface area is 173 Å². The van der Waals surface area contributed by atoms with Crippen LogP contribution in [0.4, 0.5) is 0 Å². The van der Waals surface area contributed by atoms with Crippen molar-refractivity contribution in [3.8, 4) is 0 Å². The van der Waals surface area contributed by atoms with Gasteiger partial charge in [-0.1, -0.05) is 54.9 Å². The zero-order valence-electron chi connectivity index (χ0n) is 16.0. The number of hydrogen-bond acceptors (Lipinski definition) is 4.